The number of rotatable bonds is 5. The monoisotopic (exact) mass is 452 g/mol. The van der Waals surface area contributed by atoms with Gasteiger partial charge in [0.25, 0.3) is 5.89 Å². The summed E-state index contributed by atoms with van der Waals surface area (Å²) in [5.41, 5.74) is 5.03. The van der Waals surface area contributed by atoms with Gasteiger partial charge in [0.1, 0.15) is 0 Å². The van der Waals surface area contributed by atoms with E-state index in [0.717, 1.165) is 22.4 Å². The molecule has 5 rings (SSSR count). The van der Waals surface area contributed by atoms with E-state index in [1.807, 2.05) is 80.6 Å². The lowest BCUT2D eigenvalue weighted by Gasteiger charge is -2.19. The fourth-order valence-electron chi connectivity index (χ4n) is 4.15. The summed E-state index contributed by atoms with van der Waals surface area (Å²) >= 11 is 0. The third-order valence-electron chi connectivity index (χ3n) is 6.05. The minimum Gasteiger partial charge on any atom is -0.334 e. The van der Waals surface area contributed by atoms with Crippen LogP contribution in [0.5, 0.6) is 0 Å². The summed E-state index contributed by atoms with van der Waals surface area (Å²) in [5.74, 6) is 0.0744. The van der Waals surface area contributed by atoms with Crippen LogP contribution in [-0.2, 0) is 9.59 Å². The molecule has 7 heteroatoms. The van der Waals surface area contributed by atoms with Crippen molar-refractivity contribution in [1.29, 1.82) is 0 Å². The molecule has 2 heterocycles. The van der Waals surface area contributed by atoms with Crippen LogP contribution in [0.15, 0.2) is 77.3 Å². The fourth-order valence-corrected chi connectivity index (χ4v) is 4.15. The van der Waals surface area contributed by atoms with Crippen LogP contribution in [0.2, 0.25) is 0 Å². The summed E-state index contributed by atoms with van der Waals surface area (Å²) in [6, 6.07) is 22.8. The van der Waals surface area contributed by atoms with Gasteiger partial charge in [-0.2, -0.15) is 4.98 Å². The molecular formula is C27H24N4O3. The molecule has 34 heavy (non-hydrogen) atoms. The summed E-state index contributed by atoms with van der Waals surface area (Å²) in [4.78, 5) is 32.0. The number of carbonyl (C=O) groups is 2. The van der Waals surface area contributed by atoms with Gasteiger partial charge in [0.2, 0.25) is 17.6 Å². The van der Waals surface area contributed by atoms with Gasteiger partial charge in [-0.05, 0) is 37.6 Å². The van der Waals surface area contributed by atoms with Crippen molar-refractivity contribution in [2.75, 3.05) is 16.8 Å². The number of nitrogens with one attached hydrogen (secondary N) is 1. The molecule has 170 valence electrons. The molecule has 0 bridgehead atoms. The molecule has 1 atom stereocenters. The van der Waals surface area contributed by atoms with Crippen molar-refractivity contribution in [3.63, 3.8) is 0 Å². The Morgan fingerprint density at radius 3 is 2.53 bits per heavy atom. The molecule has 1 aliphatic heterocycles. The molecule has 0 unspecified atom stereocenters. The van der Waals surface area contributed by atoms with Crippen LogP contribution in [0, 0.1) is 19.8 Å². The quantitative estimate of drug-likeness (QED) is 0.460. The molecule has 3 aromatic carbocycles. The fraction of sp³-hybridized carbons (Fsp3) is 0.185. The van der Waals surface area contributed by atoms with Gasteiger partial charge in [-0.25, -0.2) is 0 Å². The highest BCUT2D eigenvalue weighted by atomic mass is 16.5. The van der Waals surface area contributed by atoms with Crippen LogP contribution in [0.1, 0.15) is 17.5 Å². The van der Waals surface area contributed by atoms with Gasteiger partial charge in [-0.15, -0.1) is 0 Å². The number of para-hydroxylation sites is 2. The smallest absolute Gasteiger partial charge is 0.260 e. The maximum atomic E-state index is 13.1. The van der Waals surface area contributed by atoms with E-state index in [1.54, 1.807) is 11.0 Å². The zero-order chi connectivity index (χ0) is 23.7. The molecule has 0 aliphatic carbocycles. The standard InChI is InChI=1S/C27H24N4O3/c1-17-11-13-19(14-12-17)25-29-27(34-30-25)21-8-4-5-9-22(21)28-26(33)20-15-24(32)31(16-20)23-10-6-3-7-18(23)2/h3-14,20H,15-16H2,1-2H3,(H,28,33)/t20-/m0/s1. The lowest BCUT2D eigenvalue weighted by Crippen LogP contribution is -2.28. The highest BCUT2D eigenvalue weighted by molar-refractivity contribution is 6.04. The average molecular weight is 453 g/mol. The number of hydrogen-bond donors (Lipinski definition) is 1. The molecule has 1 saturated heterocycles. The predicted molar refractivity (Wildman–Crippen MR) is 130 cm³/mol. The number of benzene rings is 3. The molecule has 0 spiro atoms. The Balaban J connectivity index is 1.35. The van der Waals surface area contributed by atoms with E-state index in [0.29, 0.717) is 29.5 Å². The number of hydrogen-bond acceptors (Lipinski definition) is 5. The third kappa shape index (κ3) is 4.20. The van der Waals surface area contributed by atoms with Crippen LogP contribution in [0.25, 0.3) is 22.8 Å². The van der Waals surface area contributed by atoms with Gasteiger partial charge in [0, 0.05) is 24.2 Å². The second-order valence-corrected chi connectivity index (χ2v) is 8.52. The lowest BCUT2D eigenvalue weighted by molar-refractivity contribution is -0.122. The van der Waals surface area contributed by atoms with Crippen LogP contribution >= 0.6 is 0 Å². The largest absolute Gasteiger partial charge is 0.334 e. The van der Waals surface area contributed by atoms with E-state index >= 15 is 0 Å². The first-order valence-corrected chi connectivity index (χ1v) is 11.2. The summed E-state index contributed by atoms with van der Waals surface area (Å²) in [7, 11) is 0. The first-order valence-electron chi connectivity index (χ1n) is 11.2. The van der Waals surface area contributed by atoms with Crippen LogP contribution < -0.4 is 10.2 Å². The Kier molecular flexibility index (Phi) is 5.67. The number of aromatic nitrogens is 2. The summed E-state index contributed by atoms with van der Waals surface area (Å²) < 4.78 is 5.51. The van der Waals surface area contributed by atoms with Crippen molar-refractivity contribution in [3.05, 3.63) is 83.9 Å². The van der Waals surface area contributed by atoms with Crippen LogP contribution in [0.3, 0.4) is 0 Å². The van der Waals surface area contributed by atoms with Crippen LogP contribution in [0.4, 0.5) is 11.4 Å². The third-order valence-corrected chi connectivity index (χ3v) is 6.05. The summed E-state index contributed by atoms with van der Waals surface area (Å²) in [6.07, 6.45) is 0.167. The van der Waals surface area contributed by atoms with Gasteiger partial charge >= 0.3 is 0 Å². The number of nitrogens with zero attached hydrogens (tertiary/aromatic N) is 3. The molecular weight excluding hydrogens is 428 g/mol. The molecule has 1 fully saturated rings. The Morgan fingerprint density at radius 1 is 1.00 bits per heavy atom. The molecule has 4 aromatic rings. The highest BCUT2D eigenvalue weighted by Gasteiger charge is 2.36. The number of aryl methyl sites for hydroxylation is 2. The number of carbonyl (C=O) groups excluding carboxylic acids is 2. The number of anilines is 2. The second-order valence-electron chi connectivity index (χ2n) is 8.52. The normalized spacial score (nSPS) is 15.5. The molecule has 1 aliphatic rings. The molecule has 1 N–H and O–H groups in total. The maximum Gasteiger partial charge on any atom is 0.260 e. The van der Waals surface area contributed by atoms with E-state index in [9.17, 15) is 9.59 Å². The SMILES string of the molecule is Cc1ccc(-c2noc(-c3ccccc3NC(=O)[C@H]3CC(=O)N(c4ccccc4C)C3)n2)cc1. The van der Waals surface area contributed by atoms with Gasteiger partial charge in [-0.3, -0.25) is 9.59 Å². The second kappa shape index (κ2) is 8.94. The number of amides is 2. The van der Waals surface area contributed by atoms with Crippen molar-refractivity contribution < 1.29 is 14.1 Å². The Bertz CT molecular complexity index is 1360. The Labute approximate surface area is 197 Å². The van der Waals surface area contributed by atoms with Gasteiger partial charge in [0.15, 0.2) is 0 Å². The van der Waals surface area contributed by atoms with Crippen molar-refractivity contribution >= 4 is 23.2 Å². The average Bonchev–Trinajstić information content (AvgIpc) is 3.48. The zero-order valence-corrected chi connectivity index (χ0v) is 19.0. The van der Waals surface area contributed by atoms with Gasteiger partial charge < -0.3 is 14.7 Å². The molecule has 2 amide bonds. The predicted octanol–water partition coefficient (Wildman–Crippen LogP) is 5.01. The van der Waals surface area contributed by atoms with E-state index in [2.05, 4.69) is 15.5 Å². The van der Waals surface area contributed by atoms with E-state index in [4.69, 9.17) is 4.52 Å². The van der Waals surface area contributed by atoms with Gasteiger partial charge in [0.05, 0.1) is 17.2 Å². The minimum atomic E-state index is -0.453. The van der Waals surface area contributed by atoms with Crippen LogP contribution in [-0.4, -0.2) is 28.5 Å². The minimum absolute atomic E-state index is 0.0534. The first-order chi connectivity index (χ1) is 16.5. The molecule has 0 saturated carbocycles. The molecule has 0 radical (unpaired) electrons. The molecule has 1 aromatic heterocycles. The first kappa shape index (κ1) is 21.6. The summed E-state index contributed by atoms with van der Waals surface area (Å²) in [6.45, 7) is 4.32. The van der Waals surface area contributed by atoms with Crippen molar-refractivity contribution in [3.8, 4) is 22.8 Å². The van der Waals surface area contributed by atoms with Crippen molar-refractivity contribution in [1.82, 2.24) is 10.1 Å². The Hall–Kier alpha value is -4.26. The lowest BCUT2D eigenvalue weighted by atomic mass is 10.1. The van der Waals surface area contributed by atoms with E-state index in [-0.39, 0.29) is 18.2 Å². The van der Waals surface area contributed by atoms with Crippen molar-refractivity contribution in [2.24, 2.45) is 5.92 Å². The van der Waals surface area contributed by atoms with E-state index in [1.165, 1.54) is 0 Å². The van der Waals surface area contributed by atoms with E-state index < -0.39 is 5.92 Å². The summed E-state index contributed by atoms with van der Waals surface area (Å²) in [5, 5.41) is 7.07. The maximum absolute atomic E-state index is 13.1. The van der Waals surface area contributed by atoms with Crippen molar-refractivity contribution in [2.45, 2.75) is 20.3 Å². The zero-order valence-electron chi connectivity index (χ0n) is 19.0. The van der Waals surface area contributed by atoms with Gasteiger partial charge in [-0.1, -0.05) is 65.3 Å². The Morgan fingerprint density at radius 2 is 1.74 bits per heavy atom. The highest BCUT2D eigenvalue weighted by Crippen LogP contribution is 2.31. The molecule has 7 nitrogen and oxygen atoms in total. The topological polar surface area (TPSA) is 88.3 Å².